The normalized spacial score (nSPS) is 20.1. The van der Waals surface area contributed by atoms with Crippen LogP contribution in [-0.2, 0) is 9.59 Å². The minimum atomic E-state index is -0.377. The lowest BCUT2D eigenvalue weighted by Crippen LogP contribution is -2.49. The van der Waals surface area contributed by atoms with E-state index in [1.807, 2.05) is 18.4 Å². The van der Waals surface area contributed by atoms with Crippen LogP contribution in [0.25, 0.3) is 0 Å². The third kappa shape index (κ3) is 3.80. The Morgan fingerprint density at radius 3 is 2.86 bits per heavy atom. The van der Waals surface area contributed by atoms with Crippen molar-refractivity contribution in [2.45, 2.75) is 38.6 Å². The molecule has 1 aliphatic heterocycles. The molecule has 6 heteroatoms. The molecule has 1 saturated heterocycles. The molecule has 1 aliphatic rings. The number of hydrogen-bond donors (Lipinski definition) is 1. The average molecular weight is 326 g/mol. The molecule has 0 bridgehead atoms. The topological polar surface area (TPSA) is 49.4 Å². The zero-order valence-electron chi connectivity index (χ0n) is 12.7. The van der Waals surface area contributed by atoms with Gasteiger partial charge in [-0.2, -0.15) is 11.3 Å². The molecule has 21 heavy (non-hydrogen) atoms. The van der Waals surface area contributed by atoms with Crippen LogP contribution >= 0.6 is 23.1 Å². The second-order valence-electron chi connectivity index (χ2n) is 5.56. The van der Waals surface area contributed by atoms with Crippen molar-refractivity contribution in [3.63, 3.8) is 0 Å². The Hall–Kier alpha value is -1.01. The molecule has 1 N–H and O–H groups in total. The SMILES string of the molecule is CCNC(=O)[C@@H](CC(C)C)N1C(=O)CS[C@@H]1c1ccsc1. The molecular weight excluding hydrogens is 304 g/mol. The molecule has 0 aromatic carbocycles. The van der Waals surface area contributed by atoms with Crippen LogP contribution in [0.15, 0.2) is 16.8 Å². The second kappa shape index (κ2) is 7.31. The first kappa shape index (κ1) is 16.4. The van der Waals surface area contributed by atoms with Gasteiger partial charge in [-0.25, -0.2) is 0 Å². The first-order valence-corrected chi connectivity index (χ1v) is 9.26. The van der Waals surface area contributed by atoms with E-state index in [-0.39, 0.29) is 23.2 Å². The van der Waals surface area contributed by atoms with Gasteiger partial charge in [-0.3, -0.25) is 9.59 Å². The fourth-order valence-electron chi connectivity index (χ4n) is 2.53. The molecular formula is C15H22N2O2S2. The number of nitrogens with zero attached hydrogens (tertiary/aromatic N) is 1. The molecule has 0 aliphatic carbocycles. The molecule has 1 aromatic heterocycles. The number of hydrogen-bond acceptors (Lipinski definition) is 4. The summed E-state index contributed by atoms with van der Waals surface area (Å²) in [4.78, 5) is 26.5. The van der Waals surface area contributed by atoms with E-state index in [2.05, 4.69) is 24.5 Å². The number of likely N-dealkylation sites (N-methyl/N-ethyl adjacent to an activating group) is 1. The van der Waals surface area contributed by atoms with Crippen molar-refractivity contribution in [2.24, 2.45) is 5.92 Å². The Bertz CT molecular complexity index is 488. The number of carbonyl (C=O) groups is 2. The Labute approximate surface area is 134 Å². The standard InChI is InChI=1S/C15H22N2O2S2/c1-4-16-14(19)12(7-10(2)3)17-13(18)9-21-15(17)11-5-6-20-8-11/h5-6,8,10,12,15H,4,7,9H2,1-3H3,(H,16,19)/t12-,15-/m1/s1. The Morgan fingerprint density at radius 2 is 2.29 bits per heavy atom. The molecule has 0 radical (unpaired) electrons. The van der Waals surface area contributed by atoms with Crippen LogP contribution in [0.2, 0.25) is 0 Å². The van der Waals surface area contributed by atoms with Crippen molar-refractivity contribution in [1.82, 2.24) is 10.2 Å². The minimum absolute atomic E-state index is 0.0323. The molecule has 1 fully saturated rings. The lowest BCUT2D eigenvalue weighted by molar-refractivity contribution is -0.139. The van der Waals surface area contributed by atoms with E-state index >= 15 is 0 Å². The molecule has 2 amide bonds. The van der Waals surface area contributed by atoms with Gasteiger partial charge in [-0.05, 0) is 41.7 Å². The average Bonchev–Trinajstić information content (AvgIpc) is 3.05. The van der Waals surface area contributed by atoms with E-state index in [0.29, 0.717) is 24.6 Å². The van der Waals surface area contributed by atoms with Gasteiger partial charge in [-0.15, -0.1) is 11.8 Å². The third-order valence-corrected chi connectivity index (χ3v) is 5.35. The molecule has 0 saturated carbocycles. The zero-order valence-corrected chi connectivity index (χ0v) is 14.3. The highest BCUT2D eigenvalue weighted by Gasteiger charge is 2.40. The van der Waals surface area contributed by atoms with Crippen LogP contribution in [0.5, 0.6) is 0 Å². The molecule has 1 aromatic rings. The summed E-state index contributed by atoms with van der Waals surface area (Å²) >= 11 is 3.23. The summed E-state index contributed by atoms with van der Waals surface area (Å²) in [5, 5.41) is 6.92. The monoisotopic (exact) mass is 326 g/mol. The molecule has 0 unspecified atom stereocenters. The number of amides is 2. The highest BCUT2D eigenvalue weighted by atomic mass is 32.2. The number of thiophene rings is 1. The first-order chi connectivity index (χ1) is 10.0. The molecule has 2 rings (SSSR count). The van der Waals surface area contributed by atoms with Crippen LogP contribution in [0.1, 0.15) is 38.1 Å². The summed E-state index contributed by atoms with van der Waals surface area (Å²) in [5.74, 6) is 0.837. The maximum atomic E-state index is 12.4. The number of thioether (sulfide) groups is 1. The lowest BCUT2D eigenvalue weighted by atomic mass is 10.0. The van der Waals surface area contributed by atoms with Crippen molar-refractivity contribution in [3.8, 4) is 0 Å². The predicted molar refractivity (Wildman–Crippen MR) is 88.3 cm³/mol. The van der Waals surface area contributed by atoms with Gasteiger partial charge in [0.2, 0.25) is 11.8 Å². The van der Waals surface area contributed by atoms with Gasteiger partial charge in [0.25, 0.3) is 0 Å². The van der Waals surface area contributed by atoms with Crippen LogP contribution in [-0.4, -0.2) is 35.1 Å². The Morgan fingerprint density at radius 1 is 1.52 bits per heavy atom. The van der Waals surface area contributed by atoms with Gasteiger partial charge < -0.3 is 10.2 Å². The maximum absolute atomic E-state index is 12.4. The minimum Gasteiger partial charge on any atom is -0.355 e. The lowest BCUT2D eigenvalue weighted by Gasteiger charge is -2.32. The van der Waals surface area contributed by atoms with Crippen molar-refractivity contribution in [1.29, 1.82) is 0 Å². The summed E-state index contributed by atoms with van der Waals surface area (Å²) in [6.45, 7) is 6.66. The Balaban J connectivity index is 2.26. The first-order valence-electron chi connectivity index (χ1n) is 7.27. The summed E-state index contributed by atoms with van der Waals surface area (Å²) in [6.07, 6.45) is 0.693. The maximum Gasteiger partial charge on any atom is 0.242 e. The second-order valence-corrected chi connectivity index (χ2v) is 7.41. The van der Waals surface area contributed by atoms with Crippen molar-refractivity contribution < 1.29 is 9.59 Å². The summed E-state index contributed by atoms with van der Waals surface area (Å²) in [6, 6.07) is 1.66. The number of rotatable bonds is 6. The summed E-state index contributed by atoms with van der Waals surface area (Å²) < 4.78 is 0. The van der Waals surface area contributed by atoms with Crippen molar-refractivity contribution in [2.75, 3.05) is 12.3 Å². The number of nitrogens with one attached hydrogen (secondary N) is 1. The van der Waals surface area contributed by atoms with Crippen LogP contribution < -0.4 is 5.32 Å². The van der Waals surface area contributed by atoms with E-state index in [1.165, 1.54) is 0 Å². The smallest absolute Gasteiger partial charge is 0.242 e. The van der Waals surface area contributed by atoms with Crippen molar-refractivity contribution in [3.05, 3.63) is 22.4 Å². The van der Waals surface area contributed by atoms with Gasteiger partial charge in [0.15, 0.2) is 0 Å². The van der Waals surface area contributed by atoms with E-state index < -0.39 is 0 Å². The zero-order chi connectivity index (χ0) is 15.4. The predicted octanol–water partition coefficient (Wildman–Crippen LogP) is 2.87. The number of carbonyl (C=O) groups excluding carboxylic acids is 2. The Kier molecular flexibility index (Phi) is 5.70. The highest BCUT2D eigenvalue weighted by Crippen LogP contribution is 2.41. The molecule has 4 nitrogen and oxygen atoms in total. The van der Waals surface area contributed by atoms with Gasteiger partial charge in [-0.1, -0.05) is 13.8 Å². The van der Waals surface area contributed by atoms with Gasteiger partial charge in [0.05, 0.1) is 5.75 Å². The molecule has 2 atom stereocenters. The third-order valence-electron chi connectivity index (χ3n) is 3.42. The molecule has 0 spiro atoms. The fraction of sp³-hybridized carbons (Fsp3) is 0.600. The highest BCUT2D eigenvalue weighted by molar-refractivity contribution is 8.00. The van der Waals surface area contributed by atoms with Gasteiger partial charge in [0.1, 0.15) is 11.4 Å². The quantitative estimate of drug-likeness (QED) is 0.874. The van der Waals surface area contributed by atoms with Crippen LogP contribution in [0, 0.1) is 5.92 Å². The summed E-state index contributed by atoms with van der Waals surface area (Å²) in [7, 11) is 0. The van der Waals surface area contributed by atoms with E-state index in [1.54, 1.807) is 28.0 Å². The van der Waals surface area contributed by atoms with Crippen LogP contribution in [0.4, 0.5) is 0 Å². The van der Waals surface area contributed by atoms with E-state index in [9.17, 15) is 9.59 Å². The van der Waals surface area contributed by atoms with Gasteiger partial charge >= 0.3 is 0 Å². The molecule has 116 valence electrons. The van der Waals surface area contributed by atoms with Crippen molar-refractivity contribution >= 4 is 34.9 Å². The fourth-order valence-corrected chi connectivity index (χ4v) is 4.51. The van der Waals surface area contributed by atoms with Crippen LogP contribution in [0.3, 0.4) is 0 Å². The summed E-state index contributed by atoms with van der Waals surface area (Å²) in [5.41, 5.74) is 1.12. The van der Waals surface area contributed by atoms with E-state index in [4.69, 9.17) is 0 Å². The largest absolute Gasteiger partial charge is 0.355 e. The molecule has 2 heterocycles. The van der Waals surface area contributed by atoms with E-state index in [0.717, 1.165) is 5.56 Å². The van der Waals surface area contributed by atoms with Gasteiger partial charge in [0, 0.05) is 6.54 Å².